The van der Waals surface area contributed by atoms with Gasteiger partial charge in [0.1, 0.15) is 12.4 Å². The zero-order valence-electron chi connectivity index (χ0n) is 18.3. The van der Waals surface area contributed by atoms with E-state index >= 15 is 0 Å². The average Bonchev–Trinajstić information content (AvgIpc) is 3.35. The Morgan fingerprint density at radius 3 is 2.61 bits per heavy atom. The van der Waals surface area contributed by atoms with Gasteiger partial charge >= 0.3 is 6.09 Å². The minimum atomic E-state index is -0.513. The van der Waals surface area contributed by atoms with Gasteiger partial charge in [-0.2, -0.15) is 10.2 Å². The lowest BCUT2D eigenvalue weighted by Gasteiger charge is -2.08. The summed E-state index contributed by atoms with van der Waals surface area (Å²) in [4.78, 5) is 12.4. The predicted molar refractivity (Wildman–Crippen MR) is 122 cm³/mol. The quantitative estimate of drug-likeness (QED) is 0.462. The smallest absolute Gasteiger partial charge is 0.413 e. The maximum Gasteiger partial charge on any atom is 0.413 e. The third-order valence-electron chi connectivity index (χ3n) is 5.28. The van der Waals surface area contributed by atoms with Crippen LogP contribution in [0.2, 0.25) is 0 Å². The number of rotatable bonds is 6. The number of benzene rings is 2. The second-order valence-corrected chi connectivity index (χ2v) is 7.63. The highest BCUT2D eigenvalue weighted by Gasteiger charge is 2.14. The predicted octanol–water partition coefficient (Wildman–Crippen LogP) is 5.31. The van der Waals surface area contributed by atoms with E-state index in [0.29, 0.717) is 12.4 Å². The van der Waals surface area contributed by atoms with Crippen molar-refractivity contribution in [1.29, 1.82) is 0 Å². The van der Waals surface area contributed by atoms with Gasteiger partial charge in [-0.3, -0.25) is 10.00 Å². The molecular formula is C24H27N5O2. The molecule has 7 heteroatoms. The second-order valence-electron chi connectivity index (χ2n) is 7.63. The van der Waals surface area contributed by atoms with Crippen LogP contribution in [0.15, 0.2) is 48.7 Å². The first-order valence-corrected chi connectivity index (χ1v) is 10.5. The van der Waals surface area contributed by atoms with Crippen LogP contribution in [0.3, 0.4) is 0 Å². The van der Waals surface area contributed by atoms with Gasteiger partial charge < -0.3 is 4.74 Å². The molecule has 2 aromatic carbocycles. The summed E-state index contributed by atoms with van der Waals surface area (Å²) in [5.74, 6) is 0.611. The Labute approximate surface area is 181 Å². The maximum atomic E-state index is 12.4. The molecule has 0 saturated carbocycles. The Hall–Kier alpha value is -3.61. The van der Waals surface area contributed by atoms with Crippen molar-refractivity contribution in [3.63, 3.8) is 0 Å². The molecule has 0 radical (unpaired) electrons. The summed E-state index contributed by atoms with van der Waals surface area (Å²) in [6.45, 7) is 9.79. The lowest BCUT2D eigenvalue weighted by atomic mass is 10.0. The number of carbonyl (C=O) groups is 1. The van der Waals surface area contributed by atoms with Crippen molar-refractivity contribution in [2.24, 2.45) is 0 Å². The molecule has 4 aromatic rings. The highest BCUT2D eigenvalue weighted by atomic mass is 16.5. The van der Waals surface area contributed by atoms with E-state index in [1.54, 1.807) is 4.68 Å². The lowest BCUT2D eigenvalue weighted by Crippen LogP contribution is -2.16. The topological polar surface area (TPSA) is 74.0 Å². The zero-order valence-corrected chi connectivity index (χ0v) is 18.3. The molecule has 0 aliphatic heterocycles. The minimum Gasteiger partial charge on any atom is -0.444 e. The molecule has 0 spiro atoms. The molecule has 31 heavy (non-hydrogen) atoms. The fraction of sp³-hybridized carbons (Fsp3) is 0.292. The fourth-order valence-electron chi connectivity index (χ4n) is 3.65. The molecule has 0 atom stereocenters. The third-order valence-corrected chi connectivity index (χ3v) is 5.28. The number of carbonyl (C=O) groups excluding carboxylic acids is 1. The van der Waals surface area contributed by atoms with Crippen LogP contribution in [0.25, 0.3) is 22.2 Å². The molecule has 1 N–H and O–H groups in total. The number of aromatic nitrogens is 4. The Morgan fingerprint density at radius 2 is 1.87 bits per heavy atom. The molecular weight excluding hydrogens is 390 g/mol. The van der Waals surface area contributed by atoms with Crippen molar-refractivity contribution in [3.8, 4) is 11.3 Å². The third kappa shape index (κ3) is 4.45. The number of nitrogens with zero attached hydrogens (tertiary/aromatic N) is 4. The first kappa shape index (κ1) is 20.7. The largest absolute Gasteiger partial charge is 0.444 e. The van der Waals surface area contributed by atoms with Crippen LogP contribution in [0.5, 0.6) is 0 Å². The Bertz CT molecular complexity index is 1240. The Kier molecular flexibility index (Phi) is 5.75. The number of ether oxygens (including phenoxy) is 1. The summed E-state index contributed by atoms with van der Waals surface area (Å²) >= 11 is 0. The monoisotopic (exact) mass is 417 g/mol. The number of aryl methyl sites for hydroxylation is 4. The van der Waals surface area contributed by atoms with Gasteiger partial charge in [-0.15, -0.1) is 0 Å². The van der Waals surface area contributed by atoms with Crippen LogP contribution in [-0.4, -0.2) is 25.7 Å². The molecule has 1 amide bonds. The van der Waals surface area contributed by atoms with Crippen molar-refractivity contribution >= 4 is 22.8 Å². The van der Waals surface area contributed by atoms with E-state index in [1.807, 2.05) is 49.0 Å². The minimum absolute atomic E-state index is 0.172. The fourth-order valence-corrected chi connectivity index (χ4v) is 3.65. The van der Waals surface area contributed by atoms with E-state index in [1.165, 1.54) is 5.56 Å². The Morgan fingerprint density at radius 1 is 1.03 bits per heavy atom. The first-order chi connectivity index (χ1) is 15.0. The van der Waals surface area contributed by atoms with Crippen molar-refractivity contribution in [2.75, 3.05) is 5.32 Å². The normalized spacial score (nSPS) is 11.1. The van der Waals surface area contributed by atoms with Crippen LogP contribution in [-0.2, 0) is 24.4 Å². The summed E-state index contributed by atoms with van der Waals surface area (Å²) in [6, 6.07) is 14.0. The molecule has 0 aliphatic rings. The van der Waals surface area contributed by atoms with Gasteiger partial charge in [-0.1, -0.05) is 35.9 Å². The van der Waals surface area contributed by atoms with Gasteiger partial charge in [0.2, 0.25) is 0 Å². The molecule has 0 fully saturated rings. The molecule has 0 bridgehead atoms. The first-order valence-electron chi connectivity index (χ1n) is 10.5. The van der Waals surface area contributed by atoms with Crippen molar-refractivity contribution in [1.82, 2.24) is 19.6 Å². The Balaban J connectivity index is 1.45. The molecule has 0 saturated heterocycles. The van der Waals surface area contributed by atoms with E-state index in [9.17, 15) is 4.79 Å². The summed E-state index contributed by atoms with van der Waals surface area (Å²) in [6.07, 6.45) is 1.49. The number of anilines is 1. The summed E-state index contributed by atoms with van der Waals surface area (Å²) < 4.78 is 9.10. The van der Waals surface area contributed by atoms with Crippen molar-refractivity contribution < 1.29 is 9.53 Å². The summed E-state index contributed by atoms with van der Waals surface area (Å²) in [5.41, 5.74) is 6.02. The van der Waals surface area contributed by atoms with Gasteiger partial charge in [-0.25, -0.2) is 9.48 Å². The van der Waals surface area contributed by atoms with Crippen LogP contribution >= 0.6 is 0 Å². The van der Waals surface area contributed by atoms with E-state index in [4.69, 9.17) is 4.74 Å². The zero-order chi connectivity index (χ0) is 22.0. The van der Waals surface area contributed by atoms with E-state index in [2.05, 4.69) is 47.6 Å². The number of hydrogen-bond acceptors (Lipinski definition) is 4. The number of nitrogens with one attached hydrogen (secondary N) is 1. The average molecular weight is 418 g/mol. The van der Waals surface area contributed by atoms with Crippen LogP contribution in [0.4, 0.5) is 10.6 Å². The molecule has 4 rings (SSSR count). The SMILES string of the molecule is CCn1cc2ccc(COC(=O)Nc3cc(-c4ccc(C)cc4C)nn3CC)cc2n1. The lowest BCUT2D eigenvalue weighted by molar-refractivity contribution is 0.155. The number of hydrogen-bond donors (Lipinski definition) is 1. The van der Waals surface area contributed by atoms with Gasteiger partial charge in [0.05, 0.1) is 11.2 Å². The van der Waals surface area contributed by atoms with Crippen LogP contribution in [0, 0.1) is 13.8 Å². The maximum absolute atomic E-state index is 12.4. The standard InChI is InChI=1S/C24H27N5O2/c1-5-28-14-19-9-8-18(12-21(19)26-28)15-31-24(30)25-23-13-22(27-29(23)6-2)20-10-7-16(3)11-17(20)4/h7-14H,5-6,15H2,1-4H3,(H,25,30). The van der Waals surface area contributed by atoms with Crippen LogP contribution in [0.1, 0.15) is 30.5 Å². The highest BCUT2D eigenvalue weighted by Crippen LogP contribution is 2.26. The molecule has 0 unspecified atom stereocenters. The highest BCUT2D eigenvalue weighted by molar-refractivity contribution is 5.85. The number of amides is 1. The van der Waals surface area contributed by atoms with E-state index < -0.39 is 6.09 Å². The van der Waals surface area contributed by atoms with Gasteiger partial charge in [0.25, 0.3) is 0 Å². The molecule has 0 aliphatic carbocycles. The van der Waals surface area contributed by atoms with Crippen LogP contribution < -0.4 is 5.32 Å². The van der Waals surface area contributed by atoms with Gasteiger partial charge in [0.15, 0.2) is 0 Å². The number of fused-ring (bicyclic) bond motifs is 1. The van der Waals surface area contributed by atoms with Crippen molar-refractivity contribution in [3.05, 3.63) is 65.4 Å². The summed E-state index contributed by atoms with van der Waals surface area (Å²) in [5, 5.41) is 13.0. The molecule has 7 nitrogen and oxygen atoms in total. The van der Waals surface area contributed by atoms with Gasteiger partial charge in [0, 0.05) is 36.3 Å². The van der Waals surface area contributed by atoms with E-state index in [0.717, 1.165) is 39.8 Å². The van der Waals surface area contributed by atoms with E-state index in [-0.39, 0.29) is 6.61 Å². The second kappa shape index (κ2) is 8.63. The summed E-state index contributed by atoms with van der Waals surface area (Å²) in [7, 11) is 0. The van der Waals surface area contributed by atoms with Crippen molar-refractivity contribution in [2.45, 2.75) is 47.4 Å². The molecule has 160 valence electrons. The molecule has 2 aromatic heterocycles. The molecule has 2 heterocycles. The van der Waals surface area contributed by atoms with Gasteiger partial charge in [-0.05, 0) is 44.9 Å².